The number of halogens is 2. The van der Waals surface area contributed by atoms with E-state index in [1.54, 1.807) is 0 Å². The molecule has 0 radical (unpaired) electrons. The molecule has 2 aromatic carbocycles. The van der Waals surface area contributed by atoms with Gasteiger partial charge in [-0.3, -0.25) is 0 Å². The van der Waals surface area contributed by atoms with E-state index in [-0.39, 0.29) is 23.1 Å². The average molecular weight is 370 g/mol. The van der Waals surface area contributed by atoms with E-state index in [1.165, 1.54) is 17.7 Å². The minimum absolute atomic E-state index is 0.106. The summed E-state index contributed by atoms with van der Waals surface area (Å²) >= 11 is 0. The lowest BCUT2D eigenvalue weighted by Crippen LogP contribution is -2.16. The summed E-state index contributed by atoms with van der Waals surface area (Å²) in [6, 6.07) is 9.11. The van der Waals surface area contributed by atoms with Gasteiger partial charge in [0.1, 0.15) is 17.4 Å². The molecule has 0 saturated heterocycles. The topological polar surface area (TPSA) is 9.23 Å². The van der Waals surface area contributed by atoms with Gasteiger partial charge in [0.05, 0.1) is 6.61 Å². The number of aryl methyl sites for hydroxylation is 2. The first-order chi connectivity index (χ1) is 13.1. The Morgan fingerprint density at radius 3 is 2.63 bits per heavy atom. The minimum atomic E-state index is -0.390. The number of benzene rings is 2. The first-order valence-electron chi connectivity index (χ1n) is 9.95. The van der Waals surface area contributed by atoms with Crippen molar-refractivity contribution in [2.45, 2.75) is 57.8 Å². The van der Waals surface area contributed by atoms with Crippen molar-refractivity contribution in [3.8, 4) is 5.75 Å². The van der Waals surface area contributed by atoms with Gasteiger partial charge in [-0.05, 0) is 85.4 Å². The Kier molecular flexibility index (Phi) is 6.65. The standard InChI is InChI=1S/C24H28F2O/c1-3-5-7-17-13-22(25)24(23(26)14-17)20-9-8-19-16-21(27-12-6-4-2)11-10-18(19)15-20/h4,10-11,13-14,16,20H,2-3,5-9,12,15H2,1H3. The summed E-state index contributed by atoms with van der Waals surface area (Å²) in [5.41, 5.74) is 3.40. The van der Waals surface area contributed by atoms with E-state index < -0.39 is 0 Å². The molecule has 0 fully saturated rings. The summed E-state index contributed by atoms with van der Waals surface area (Å²) in [5.74, 6) is -0.0326. The minimum Gasteiger partial charge on any atom is -0.493 e. The van der Waals surface area contributed by atoms with Crippen molar-refractivity contribution in [2.24, 2.45) is 0 Å². The maximum absolute atomic E-state index is 14.7. The SMILES string of the molecule is C=CCCOc1ccc2c(c1)CCC(c1c(F)cc(CCCC)cc1F)C2. The molecule has 1 unspecified atom stereocenters. The van der Waals surface area contributed by atoms with Crippen molar-refractivity contribution in [1.82, 2.24) is 0 Å². The van der Waals surface area contributed by atoms with Gasteiger partial charge < -0.3 is 4.74 Å². The van der Waals surface area contributed by atoms with Crippen molar-refractivity contribution >= 4 is 0 Å². The molecule has 1 atom stereocenters. The molecule has 1 nitrogen and oxygen atoms in total. The molecule has 1 aliphatic carbocycles. The van der Waals surface area contributed by atoms with Crippen LogP contribution in [0.15, 0.2) is 43.0 Å². The number of rotatable bonds is 8. The van der Waals surface area contributed by atoms with Crippen LogP contribution in [0.4, 0.5) is 8.78 Å². The predicted molar refractivity (Wildman–Crippen MR) is 106 cm³/mol. The largest absolute Gasteiger partial charge is 0.493 e. The third-order valence-corrected chi connectivity index (χ3v) is 5.36. The summed E-state index contributed by atoms with van der Waals surface area (Å²) in [7, 11) is 0. The molecule has 27 heavy (non-hydrogen) atoms. The second kappa shape index (κ2) is 9.16. The van der Waals surface area contributed by atoms with E-state index in [9.17, 15) is 8.78 Å². The van der Waals surface area contributed by atoms with Crippen LogP contribution >= 0.6 is 0 Å². The van der Waals surface area contributed by atoms with Gasteiger partial charge in [0.25, 0.3) is 0 Å². The Balaban J connectivity index is 1.75. The van der Waals surface area contributed by atoms with Crippen LogP contribution in [0.25, 0.3) is 0 Å². The third kappa shape index (κ3) is 4.77. The molecule has 0 spiro atoms. The molecule has 0 N–H and O–H groups in total. The number of ether oxygens (including phenoxy) is 1. The fourth-order valence-electron chi connectivity index (χ4n) is 3.88. The maximum atomic E-state index is 14.7. The molecule has 0 heterocycles. The highest BCUT2D eigenvalue weighted by molar-refractivity contribution is 5.40. The fraction of sp³-hybridized carbons (Fsp3) is 0.417. The monoisotopic (exact) mass is 370 g/mol. The number of hydrogen-bond donors (Lipinski definition) is 0. The molecule has 1 aliphatic rings. The van der Waals surface area contributed by atoms with E-state index in [4.69, 9.17) is 4.74 Å². The zero-order valence-electron chi connectivity index (χ0n) is 16.1. The van der Waals surface area contributed by atoms with Crippen molar-refractivity contribution in [1.29, 1.82) is 0 Å². The van der Waals surface area contributed by atoms with E-state index in [1.807, 2.05) is 18.2 Å². The van der Waals surface area contributed by atoms with E-state index in [0.29, 0.717) is 13.0 Å². The summed E-state index contributed by atoms with van der Waals surface area (Å²) in [6.45, 7) is 6.39. The molecule has 0 amide bonds. The molecule has 3 rings (SSSR count). The Hall–Kier alpha value is -2.16. The zero-order chi connectivity index (χ0) is 19.2. The van der Waals surface area contributed by atoms with Crippen LogP contribution in [-0.4, -0.2) is 6.61 Å². The molecular weight excluding hydrogens is 342 g/mol. The lowest BCUT2D eigenvalue weighted by atomic mass is 9.79. The number of fused-ring (bicyclic) bond motifs is 1. The van der Waals surface area contributed by atoms with E-state index >= 15 is 0 Å². The maximum Gasteiger partial charge on any atom is 0.129 e. The average Bonchev–Trinajstić information content (AvgIpc) is 2.66. The van der Waals surface area contributed by atoms with Gasteiger partial charge in [0.15, 0.2) is 0 Å². The normalized spacial score (nSPS) is 16.0. The lowest BCUT2D eigenvalue weighted by Gasteiger charge is -2.26. The van der Waals surface area contributed by atoms with Crippen molar-refractivity contribution in [3.63, 3.8) is 0 Å². The van der Waals surface area contributed by atoms with Crippen LogP contribution in [0.3, 0.4) is 0 Å². The van der Waals surface area contributed by atoms with Gasteiger partial charge in [-0.15, -0.1) is 6.58 Å². The van der Waals surface area contributed by atoms with Crippen molar-refractivity contribution < 1.29 is 13.5 Å². The van der Waals surface area contributed by atoms with Crippen LogP contribution in [-0.2, 0) is 19.3 Å². The summed E-state index contributed by atoms with van der Waals surface area (Å²) in [4.78, 5) is 0. The molecule has 144 valence electrons. The second-order valence-electron chi connectivity index (χ2n) is 7.37. The third-order valence-electron chi connectivity index (χ3n) is 5.36. The zero-order valence-corrected chi connectivity index (χ0v) is 16.1. The van der Waals surface area contributed by atoms with E-state index in [0.717, 1.165) is 55.4 Å². The fourth-order valence-corrected chi connectivity index (χ4v) is 3.88. The van der Waals surface area contributed by atoms with Gasteiger partial charge in [-0.1, -0.05) is 25.5 Å². The van der Waals surface area contributed by atoms with Gasteiger partial charge in [-0.25, -0.2) is 8.78 Å². The highest BCUT2D eigenvalue weighted by Gasteiger charge is 2.26. The Morgan fingerprint density at radius 1 is 1.15 bits per heavy atom. The Labute approximate surface area is 161 Å². The van der Waals surface area contributed by atoms with Gasteiger partial charge in [-0.2, -0.15) is 0 Å². The number of hydrogen-bond acceptors (Lipinski definition) is 1. The molecule has 0 bridgehead atoms. The smallest absolute Gasteiger partial charge is 0.129 e. The quantitative estimate of drug-likeness (QED) is 0.379. The van der Waals surface area contributed by atoms with Crippen molar-refractivity contribution in [3.05, 3.63) is 76.9 Å². The summed E-state index contributed by atoms with van der Waals surface area (Å²) < 4.78 is 35.1. The van der Waals surface area contributed by atoms with Gasteiger partial charge in [0, 0.05) is 5.56 Å². The highest BCUT2D eigenvalue weighted by Crippen LogP contribution is 2.37. The molecule has 0 aliphatic heterocycles. The Morgan fingerprint density at radius 2 is 1.93 bits per heavy atom. The highest BCUT2D eigenvalue weighted by atomic mass is 19.1. The van der Waals surface area contributed by atoms with Crippen LogP contribution in [0.1, 0.15) is 60.8 Å². The van der Waals surface area contributed by atoms with Crippen LogP contribution in [0.2, 0.25) is 0 Å². The first kappa shape index (κ1) is 19.6. The van der Waals surface area contributed by atoms with E-state index in [2.05, 4.69) is 19.6 Å². The van der Waals surface area contributed by atoms with Gasteiger partial charge >= 0.3 is 0 Å². The van der Waals surface area contributed by atoms with Crippen LogP contribution in [0, 0.1) is 11.6 Å². The van der Waals surface area contributed by atoms with Crippen LogP contribution < -0.4 is 4.74 Å². The van der Waals surface area contributed by atoms with Crippen molar-refractivity contribution in [2.75, 3.05) is 6.61 Å². The predicted octanol–water partition coefficient (Wildman–Crippen LogP) is 6.53. The van der Waals surface area contributed by atoms with Gasteiger partial charge in [0.2, 0.25) is 0 Å². The Bertz CT molecular complexity index is 774. The first-order valence-corrected chi connectivity index (χ1v) is 9.95. The second-order valence-corrected chi connectivity index (χ2v) is 7.37. The molecule has 0 aromatic heterocycles. The molecule has 3 heteroatoms. The van der Waals surface area contributed by atoms with Crippen LogP contribution in [0.5, 0.6) is 5.75 Å². The molecular formula is C24H28F2O. The summed E-state index contributed by atoms with van der Waals surface area (Å²) in [5, 5.41) is 0. The molecule has 0 saturated carbocycles. The number of unbranched alkanes of at least 4 members (excludes halogenated alkanes) is 1. The molecule has 2 aromatic rings. The lowest BCUT2D eigenvalue weighted by molar-refractivity contribution is 0.324. The summed E-state index contributed by atoms with van der Waals surface area (Å²) in [6.07, 6.45) is 7.58.